The van der Waals surface area contributed by atoms with Gasteiger partial charge in [0.1, 0.15) is 0 Å². The smallest absolute Gasteiger partial charge is 0.334 e. The molecule has 96 valence electrons. The summed E-state index contributed by atoms with van der Waals surface area (Å²) in [5, 5.41) is -0.0155. The van der Waals surface area contributed by atoms with Crippen molar-refractivity contribution in [2.24, 2.45) is 0 Å². The van der Waals surface area contributed by atoms with Gasteiger partial charge in [-0.05, 0) is 18.6 Å². The summed E-state index contributed by atoms with van der Waals surface area (Å²) < 4.78 is 4.98. The molecule has 1 aromatic rings. The van der Waals surface area contributed by atoms with Gasteiger partial charge in [-0.25, -0.2) is 4.79 Å². The SMILES string of the molecule is CCOC(=O)/C(=C/c1ccccc1)CSC(C)=O. The number of thioether (sulfide) groups is 1. The summed E-state index contributed by atoms with van der Waals surface area (Å²) in [7, 11) is 0. The second kappa shape index (κ2) is 7.71. The van der Waals surface area contributed by atoms with Gasteiger partial charge >= 0.3 is 5.97 Å². The zero-order valence-electron chi connectivity index (χ0n) is 10.5. The molecule has 0 aliphatic rings. The van der Waals surface area contributed by atoms with Crippen LogP contribution in [-0.4, -0.2) is 23.4 Å². The largest absolute Gasteiger partial charge is 0.463 e. The Morgan fingerprint density at radius 1 is 1.28 bits per heavy atom. The fourth-order valence-corrected chi connectivity index (χ4v) is 1.87. The van der Waals surface area contributed by atoms with Gasteiger partial charge in [-0.3, -0.25) is 4.79 Å². The van der Waals surface area contributed by atoms with E-state index in [2.05, 4.69) is 0 Å². The van der Waals surface area contributed by atoms with Crippen molar-refractivity contribution in [1.82, 2.24) is 0 Å². The predicted octanol–water partition coefficient (Wildman–Crippen LogP) is 2.91. The third-order valence-electron chi connectivity index (χ3n) is 2.11. The summed E-state index contributed by atoms with van der Waals surface area (Å²) in [5.74, 6) is -0.0293. The summed E-state index contributed by atoms with van der Waals surface area (Å²) in [5.41, 5.74) is 1.42. The van der Waals surface area contributed by atoms with Crippen LogP contribution < -0.4 is 0 Å². The third kappa shape index (κ3) is 5.19. The van der Waals surface area contributed by atoms with E-state index in [4.69, 9.17) is 4.74 Å². The van der Waals surface area contributed by atoms with Crippen LogP contribution in [0.2, 0.25) is 0 Å². The standard InChI is InChI=1S/C14H16O3S/c1-3-17-14(16)13(10-18-11(2)15)9-12-7-5-4-6-8-12/h4-9H,3,10H2,1-2H3/b13-9+. The molecule has 0 N–H and O–H groups in total. The van der Waals surface area contributed by atoms with Crippen molar-refractivity contribution < 1.29 is 14.3 Å². The average Bonchev–Trinajstić information content (AvgIpc) is 2.35. The van der Waals surface area contributed by atoms with Crippen molar-refractivity contribution in [3.63, 3.8) is 0 Å². The Hall–Kier alpha value is -1.55. The lowest BCUT2D eigenvalue weighted by Crippen LogP contribution is -2.10. The number of hydrogen-bond acceptors (Lipinski definition) is 4. The van der Waals surface area contributed by atoms with E-state index in [0.29, 0.717) is 17.9 Å². The average molecular weight is 264 g/mol. The van der Waals surface area contributed by atoms with Gasteiger partial charge in [-0.1, -0.05) is 42.1 Å². The lowest BCUT2D eigenvalue weighted by Gasteiger charge is -2.06. The molecular formula is C14H16O3S. The highest BCUT2D eigenvalue weighted by molar-refractivity contribution is 8.13. The van der Waals surface area contributed by atoms with Crippen LogP contribution in [0.5, 0.6) is 0 Å². The Morgan fingerprint density at radius 3 is 2.50 bits per heavy atom. The summed E-state index contributed by atoms with van der Waals surface area (Å²) in [6.07, 6.45) is 1.76. The van der Waals surface area contributed by atoms with Crippen LogP contribution in [0.4, 0.5) is 0 Å². The van der Waals surface area contributed by atoms with Crippen LogP contribution >= 0.6 is 11.8 Å². The van der Waals surface area contributed by atoms with Gasteiger partial charge in [0, 0.05) is 18.2 Å². The second-order valence-corrected chi connectivity index (χ2v) is 4.73. The normalized spacial score (nSPS) is 11.1. The minimum atomic E-state index is -0.366. The lowest BCUT2D eigenvalue weighted by atomic mass is 10.1. The van der Waals surface area contributed by atoms with E-state index in [1.54, 1.807) is 13.0 Å². The van der Waals surface area contributed by atoms with Crippen molar-refractivity contribution in [3.8, 4) is 0 Å². The quantitative estimate of drug-likeness (QED) is 0.606. The number of esters is 1. The summed E-state index contributed by atoms with van der Waals surface area (Å²) in [6.45, 7) is 3.57. The van der Waals surface area contributed by atoms with Crippen LogP contribution in [0, 0.1) is 0 Å². The molecular weight excluding hydrogens is 248 g/mol. The fourth-order valence-electron chi connectivity index (χ4n) is 1.31. The number of rotatable bonds is 5. The maximum absolute atomic E-state index is 11.7. The molecule has 1 rings (SSSR count). The molecule has 0 atom stereocenters. The van der Waals surface area contributed by atoms with E-state index in [1.165, 1.54) is 6.92 Å². The molecule has 0 aliphatic carbocycles. The number of benzene rings is 1. The van der Waals surface area contributed by atoms with Crippen molar-refractivity contribution in [1.29, 1.82) is 0 Å². The molecule has 4 heteroatoms. The fraction of sp³-hybridized carbons (Fsp3) is 0.286. The first kappa shape index (κ1) is 14.5. The first-order valence-electron chi connectivity index (χ1n) is 5.69. The molecule has 0 saturated heterocycles. The van der Waals surface area contributed by atoms with Gasteiger partial charge in [-0.15, -0.1) is 0 Å². The number of ether oxygens (including phenoxy) is 1. The van der Waals surface area contributed by atoms with Crippen molar-refractivity contribution in [3.05, 3.63) is 41.5 Å². The van der Waals surface area contributed by atoms with E-state index in [9.17, 15) is 9.59 Å². The van der Waals surface area contributed by atoms with Gasteiger partial charge in [-0.2, -0.15) is 0 Å². The summed E-state index contributed by atoms with van der Waals surface area (Å²) in [4.78, 5) is 22.7. The van der Waals surface area contributed by atoms with E-state index in [-0.39, 0.29) is 11.1 Å². The monoisotopic (exact) mass is 264 g/mol. The maximum Gasteiger partial charge on any atom is 0.334 e. The Bertz CT molecular complexity index is 438. The van der Waals surface area contributed by atoms with E-state index in [0.717, 1.165) is 17.3 Å². The second-order valence-electron chi connectivity index (χ2n) is 3.58. The molecule has 3 nitrogen and oxygen atoms in total. The molecule has 0 aromatic heterocycles. The molecule has 0 amide bonds. The Morgan fingerprint density at radius 2 is 1.94 bits per heavy atom. The molecule has 1 aromatic carbocycles. The molecule has 18 heavy (non-hydrogen) atoms. The predicted molar refractivity (Wildman–Crippen MR) is 74.2 cm³/mol. The van der Waals surface area contributed by atoms with Crippen molar-refractivity contribution in [2.45, 2.75) is 13.8 Å². The Labute approximate surface area is 111 Å². The van der Waals surface area contributed by atoms with E-state index < -0.39 is 0 Å². The van der Waals surface area contributed by atoms with Crippen LogP contribution in [-0.2, 0) is 14.3 Å². The van der Waals surface area contributed by atoms with Crippen molar-refractivity contribution in [2.75, 3.05) is 12.4 Å². The van der Waals surface area contributed by atoms with Crippen LogP contribution in [0.3, 0.4) is 0 Å². The Kier molecular flexibility index (Phi) is 6.22. The number of carbonyl (C=O) groups excluding carboxylic acids is 2. The highest BCUT2D eigenvalue weighted by Crippen LogP contribution is 2.14. The van der Waals surface area contributed by atoms with Gasteiger partial charge in [0.25, 0.3) is 0 Å². The van der Waals surface area contributed by atoms with E-state index >= 15 is 0 Å². The van der Waals surface area contributed by atoms with Crippen molar-refractivity contribution >= 4 is 28.9 Å². The van der Waals surface area contributed by atoms with Gasteiger partial charge in [0.05, 0.1) is 6.61 Å². The number of hydrogen-bond donors (Lipinski definition) is 0. The van der Waals surface area contributed by atoms with Crippen LogP contribution in [0.15, 0.2) is 35.9 Å². The molecule has 0 heterocycles. The Balaban J connectivity index is 2.85. The van der Waals surface area contributed by atoms with Gasteiger partial charge < -0.3 is 4.74 Å². The molecule has 0 saturated carbocycles. The highest BCUT2D eigenvalue weighted by atomic mass is 32.2. The van der Waals surface area contributed by atoms with E-state index in [1.807, 2.05) is 30.3 Å². The molecule has 0 unspecified atom stereocenters. The lowest BCUT2D eigenvalue weighted by molar-refractivity contribution is -0.138. The first-order chi connectivity index (χ1) is 8.63. The molecule has 0 radical (unpaired) electrons. The van der Waals surface area contributed by atoms with Gasteiger partial charge in [0.2, 0.25) is 0 Å². The molecule has 0 fully saturated rings. The topological polar surface area (TPSA) is 43.4 Å². The molecule has 0 spiro atoms. The minimum absolute atomic E-state index is 0.0155. The number of carbonyl (C=O) groups is 2. The third-order valence-corrected chi connectivity index (χ3v) is 2.97. The summed E-state index contributed by atoms with van der Waals surface area (Å²) >= 11 is 1.10. The summed E-state index contributed by atoms with van der Waals surface area (Å²) in [6, 6.07) is 9.50. The van der Waals surface area contributed by atoms with Gasteiger partial charge in [0.15, 0.2) is 5.12 Å². The molecule has 0 aliphatic heterocycles. The van der Waals surface area contributed by atoms with Crippen LogP contribution in [0.1, 0.15) is 19.4 Å². The zero-order chi connectivity index (χ0) is 13.4. The zero-order valence-corrected chi connectivity index (χ0v) is 11.3. The first-order valence-corrected chi connectivity index (χ1v) is 6.68. The van der Waals surface area contributed by atoms with Crippen LogP contribution in [0.25, 0.3) is 6.08 Å². The highest BCUT2D eigenvalue weighted by Gasteiger charge is 2.11. The minimum Gasteiger partial charge on any atom is -0.463 e. The maximum atomic E-state index is 11.7. The molecule has 0 bridgehead atoms.